The van der Waals surface area contributed by atoms with E-state index in [9.17, 15) is 35.1 Å². The number of carbonyl (C=O) groups excluding carboxylic acids is 2. The molecule has 11 nitrogen and oxygen atoms in total. The van der Waals surface area contributed by atoms with Gasteiger partial charge in [0.05, 0.1) is 25.4 Å². The number of hydrogen-bond acceptors (Lipinski definition) is 10. The summed E-state index contributed by atoms with van der Waals surface area (Å²) in [6.07, 6.45) is 53.4. The van der Waals surface area contributed by atoms with E-state index in [4.69, 9.17) is 14.2 Å². The van der Waals surface area contributed by atoms with Crippen LogP contribution in [0.1, 0.15) is 143 Å². The molecule has 0 bridgehead atoms. The molecule has 0 aromatic carbocycles. The number of nitrogens with one attached hydrogen (secondary N) is 1. The van der Waals surface area contributed by atoms with Crippen LogP contribution in [0.3, 0.4) is 0 Å². The van der Waals surface area contributed by atoms with Gasteiger partial charge in [-0.15, -0.1) is 0 Å². The summed E-state index contributed by atoms with van der Waals surface area (Å²) < 4.78 is 17.4. The first-order valence-electron chi connectivity index (χ1n) is 25.8. The number of aliphatic hydroxyl groups is 5. The summed E-state index contributed by atoms with van der Waals surface area (Å²) in [5, 5.41) is 56.4. The van der Waals surface area contributed by atoms with E-state index in [2.05, 4.69) is 44.3 Å². The predicted octanol–water partition coefficient (Wildman–Crippen LogP) is 10.7. The summed E-state index contributed by atoms with van der Waals surface area (Å²) in [5.74, 6) is -1.34. The van der Waals surface area contributed by atoms with E-state index in [0.717, 1.165) is 57.8 Å². The zero-order valence-corrected chi connectivity index (χ0v) is 42.1. The maximum atomic E-state index is 13.3. The molecule has 1 amide bonds. The minimum atomic E-state index is -1.65. The number of esters is 1. The Morgan fingerprint density at radius 2 is 1.04 bits per heavy atom. The lowest BCUT2D eigenvalue weighted by molar-refractivity contribution is -0.305. The van der Waals surface area contributed by atoms with Crippen LogP contribution in [-0.4, -0.2) is 99.6 Å². The third-order valence-electron chi connectivity index (χ3n) is 11.0. The molecule has 8 atom stereocenters. The van der Waals surface area contributed by atoms with E-state index in [1.807, 2.05) is 122 Å². The maximum absolute atomic E-state index is 13.3. The van der Waals surface area contributed by atoms with Crippen molar-refractivity contribution in [2.45, 2.75) is 192 Å². The molecule has 11 heteroatoms. The van der Waals surface area contributed by atoms with Crippen molar-refractivity contribution in [1.82, 2.24) is 5.32 Å². The molecule has 0 radical (unpaired) electrons. The summed E-state index contributed by atoms with van der Waals surface area (Å²) in [4.78, 5) is 26.3. The van der Waals surface area contributed by atoms with Gasteiger partial charge >= 0.3 is 5.97 Å². The number of allylic oxidation sites excluding steroid dienone is 23. The number of hydrogen-bond donors (Lipinski definition) is 6. The molecule has 0 aliphatic carbocycles. The average Bonchev–Trinajstić information content (AvgIpc) is 3.34. The van der Waals surface area contributed by atoms with Gasteiger partial charge in [-0.3, -0.25) is 9.59 Å². The molecule has 1 rings (SSSR count). The van der Waals surface area contributed by atoms with Crippen LogP contribution in [0.4, 0.5) is 0 Å². The Morgan fingerprint density at radius 3 is 1.57 bits per heavy atom. The zero-order valence-electron chi connectivity index (χ0n) is 42.1. The van der Waals surface area contributed by atoms with Gasteiger partial charge in [-0.1, -0.05) is 224 Å². The first kappa shape index (κ1) is 62.6. The first-order chi connectivity index (χ1) is 33.7. The first-order valence-corrected chi connectivity index (χ1v) is 25.8. The van der Waals surface area contributed by atoms with Crippen LogP contribution in [0.2, 0.25) is 0 Å². The molecule has 1 aliphatic rings. The van der Waals surface area contributed by atoms with Crippen LogP contribution in [0.15, 0.2) is 146 Å². The van der Waals surface area contributed by atoms with Crippen LogP contribution in [0, 0.1) is 0 Å². The summed E-state index contributed by atoms with van der Waals surface area (Å²) in [6, 6.07) is -1.08. The van der Waals surface area contributed by atoms with Crippen molar-refractivity contribution in [2.75, 3.05) is 13.2 Å². The molecule has 0 aromatic heterocycles. The van der Waals surface area contributed by atoms with Crippen molar-refractivity contribution < 1.29 is 49.3 Å². The van der Waals surface area contributed by atoms with E-state index in [-0.39, 0.29) is 19.4 Å². The molecule has 1 saturated heterocycles. The number of amides is 1. The standard InChI is InChI=1S/C58H89NO10/c1-4-7-10-13-16-19-22-24-25-26-27-28-31-34-37-40-43-46-53(63)69-56-55(65)54(64)52(47-60)68-58(56)67-48-49(50(61)44-41-38-35-32-29-21-18-15-12-9-6-3)59-57(66)51(62)45-42-39-36-33-30-23-20-17-14-11-8-5-2/h7-8,10-11,13-14,16-17,19-20,22-28,30-31,33,36,39,41,44,49-52,54-56,58,60-62,64-65H,4-6,9,12,15,18,21,29,32,34-35,37-38,40,42-43,45-48H2,1-3H3,(H,59,66)/b10-7-,11-8+,16-13+,17-14+,22-19+,23-20-,25-24-,27-26+,31-28+,33-30-,39-36+,44-41+. The zero-order chi connectivity index (χ0) is 50.4. The number of ether oxygens (including phenoxy) is 3. The van der Waals surface area contributed by atoms with Gasteiger partial charge in [-0.25, -0.2) is 0 Å². The second kappa shape index (κ2) is 44.7. The van der Waals surface area contributed by atoms with Gasteiger partial charge in [-0.05, 0) is 57.8 Å². The van der Waals surface area contributed by atoms with Gasteiger partial charge in [0.15, 0.2) is 12.4 Å². The summed E-state index contributed by atoms with van der Waals surface area (Å²) in [5.41, 5.74) is 0. The lowest BCUT2D eigenvalue weighted by Crippen LogP contribution is -2.61. The molecule has 6 N–H and O–H groups in total. The summed E-state index contributed by atoms with van der Waals surface area (Å²) in [6.45, 7) is 5.35. The summed E-state index contributed by atoms with van der Waals surface area (Å²) >= 11 is 0. The van der Waals surface area contributed by atoms with Gasteiger partial charge in [0.1, 0.15) is 24.4 Å². The fraction of sp³-hybridized carbons (Fsp3) is 0.552. The van der Waals surface area contributed by atoms with E-state index in [0.29, 0.717) is 12.8 Å². The number of carbonyl (C=O) groups is 2. The van der Waals surface area contributed by atoms with Gasteiger partial charge in [0, 0.05) is 6.42 Å². The van der Waals surface area contributed by atoms with Crippen LogP contribution < -0.4 is 5.32 Å². The highest BCUT2D eigenvalue weighted by molar-refractivity contribution is 5.80. The number of aliphatic hydroxyl groups excluding tert-OH is 5. The van der Waals surface area contributed by atoms with Gasteiger partial charge in [-0.2, -0.15) is 0 Å². The van der Waals surface area contributed by atoms with E-state index in [1.54, 1.807) is 6.08 Å². The Hall–Kier alpha value is -4.46. The predicted molar refractivity (Wildman–Crippen MR) is 282 cm³/mol. The van der Waals surface area contributed by atoms with Gasteiger partial charge in [0.25, 0.3) is 0 Å². The Morgan fingerprint density at radius 1 is 0.580 bits per heavy atom. The molecular weight excluding hydrogens is 871 g/mol. The maximum Gasteiger partial charge on any atom is 0.306 e. The fourth-order valence-corrected chi connectivity index (χ4v) is 6.94. The SMILES string of the molecule is CC\C=C/C=C/C=C/C=C\C=C\C=C\CCCCCC(=O)OC1C(OCC(NC(=O)C(O)CC/C=C/C=C\C=C/C=C/C=C/CC)C(O)/C=C/CCCCCCCCCCC)OC(CO)C(O)C1O. The van der Waals surface area contributed by atoms with Crippen molar-refractivity contribution in [3.63, 3.8) is 0 Å². The molecule has 1 heterocycles. The Kier molecular flexibility index (Phi) is 40.6. The molecule has 0 aromatic rings. The second-order valence-electron chi connectivity index (χ2n) is 17.1. The molecule has 386 valence electrons. The highest BCUT2D eigenvalue weighted by Crippen LogP contribution is 2.26. The van der Waals surface area contributed by atoms with E-state index in [1.165, 1.54) is 38.5 Å². The number of rotatable bonds is 39. The molecule has 8 unspecified atom stereocenters. The topological polar surface area (TPSA) is 175 Å². The minimum absolute atomic E-state index is 0.0534. The second-order valence-corrected chi connectivity index (χ2v) is 17.1. The third kappa shape index (κ3) is 33.7. The van der Waals surface area contributed by atoms with Crippen LogP contribution in [-0.2, 0) is 23.8 Å². The molecule has 69 heavy (non-hydrogen) atoms. The normalized spacial score (nSPS) is 21.1. The van der Waals surface area contributed by atoms with Crippen LogP contribution >= 0.6 is 0 Å². The highest BCUT2D eigenvalue weighted by atomic mass is 16.7. The van der Waals surface area contributed by atoms with Crippen LogP contribution in [0.25, 0.3) is 0 Å². The third-order valence-corrected chi connectivity index (χ3v) is 11.0. The van der Waals surface area contributed by atoms with E-state index < -0.39 is 67.4 Å². The van der Waals surface area contributed by atoms with Gasteiger partial charge < -0.3 is 45.1 Å². The minimum Gasteiger partial charge on any atom is -0.454 e. The molecule has 0 saturated carbocycles. The molecule has 1 fully saturated rings. The highest BCUT2D eigenvalue weighted by Gasteiger charge is 2.47. The molecule has 1 aliphatic heterocycles. The quantitative estimate of drug-likeness (QED) is 0.0151. The van der Waals surface area contributed by atoms with Crippen molar-refractivity contribution in [2.24, 2.45) is 0 Å². The monoisotopic (exact) mass is 960 g/mol. The van der Waals surface area contributed by atoms with Crippen molar-refractivity contribution in [3.05, 3.63) is 146 Å². The fourth-order valence-electron chi connectivity index (χ4n) is 6.94. The van der Waals surface area contributed by atoms with Crippen molar-refractivity contribution >= 4 is 11.9 Å². The van der Waals surface area contributed by atoms with E-state index >= 15 is 0 Å². The Bertz CT molecular complexity index is 1670. The average molecular weight is 960 g/mol. The smallest absolute Gasteiger partial charge is 0.306 e. The number of unbranched alkanes of at least 4 members (excludes halogenated alkanes) is 12. The Balaban J connectivity index is 2.87. The molecular formula is C58H89NO10. The molecule has 0 spiro atoms. The van der Waals surface area contributed by atoms with Crippen LogP contribution in [0.5, 0.6) is 0 Å². The largest absolute Gasteiger partial charge is 0.454 e. The summed E-state index contributed by atoms with van der Waals surface area (Å²) in [7, 11) is 0. The van der Waals surface area contributed by atoms with Crippen molar-refractivity contribution in [1.29, 1.82) is 0 Å². The lowest BCUT2D eigenvalue weighted by atomic mass is 9.99. The Labute approximate surface area is 415 Å². The van der Waals surface area contributed by atoms with Gasteiger partial charge in [0.2, 0.25) is 5.91 Å². The lowest BCUT2D eigenvalue weighted by Gasteiger charge is -2.41. The van der Waals surface area contributed by atoms with Crippen molar-refractivity contribution in [3.8, 4) is 0 Å².